The number of hydrogen-bond acceptors (Lipinski definition) is 3. The van der Waals surface area contributed by atoms with Gasteiger partial charge in [-0.25, -0.2) is 0 Å². The minimum Gasteiger partial charge on any atom is -0.402 e. The van der Waals surface area contributed by atoms with Gasteiger partial charge in [0.15, 0.2) is 0 Å². The molecule has 0 aromatic carbocycles. The van der Waals surface area contributed by atoms with Crippen molar-refractivity contribution in [3.63, 3.8) is 0 Å². The minimum atomic E-state index is -0.239. The van der Waals surface area contributed by atoms with Crippen molar-refractivity contribution >= 4 is 19.5 Å². The lowest BCUT2D eigenvalue weighted by molar-refractivity contribution is 0.00578. The van der Waals surface area contributed by atoms with Crippen LogP contribution in [0.15, 0.2) is 0 Å². The SMILES string of the molecule is CC1(C)OB(CN)OC1(C)C.Cl. The second-order valence-electron chi connectivity index (χ2n) is 3.92. The molecule has 5 heteroatoms. The highest BCUT2D eigenvalue weighted by molar-refractivity contribution is 6.45. The maximum absolute atomic E-state index is 5.57. The van der Waals surface area contributed by atoms with Crippen molar-refractivity contribution in [2.45, 2.75) is 38.9 Å². The zero-order chi connectivity index (χ0) is 8.70. The third-order valence-corrected chi connectivity index (χ3v) is 2.49. The van der Waals surface area contributed by atoms with E-state index in [1.165, 1.54) is 0 Å². The molecule has 0 amide bonds. The molecule has 0 unspecified atom stereocenters. The number of rotatable bonds is 1. The monoisotopic (exact) mass is 193 g/mol. The molecule has 0 spiro atoms. The highest BCUT2D eigenvalue weighted by Crippen LogP contribution is 2.36. The molecule has 1 aliphatic rings. The molecule has 0 aromatic rings. The second kappa shape index (κ2) is 3.54. The molecule has 0 bridgehead atoms. The van der Waals surface area contributed by atoms with Gasteiger partial charge >= 0.3 is 7.12 Å². The molecule has 0 aliphatic carbocycles. The molecule has 72 valence electrons. The zero-order valence-corrected chi connectivity index (χ0v) is 8.90. The largest absolute Gasteiger partial charge is 0.472 e. The highest BCUT2D eigenvalue weighted by Gasteiger charge is 2.50. The molecule has 2 N–H and O–H groups in total. The molecule has 0 atom stereocenters. The van der Waals surface area contributed by atoms with Crippen molar-refractivity contribution in [2.75, 3.05) is 6.44 Å². The van der Waals surface area contributed by atoms with E-state index in [1.807, 2.05) is 27.7 Å². The van der Waals surface area contributed by atoms with Crippen molar-refractivity contribution in [1.82, 2.24) is 0 Å². The van der Waals surface area contributed by atoms with Gasteiger partial charge in [-0.2, -0.15) is 0 Å². The molecule has 0 aromatic heterocycles. The minimum absolute atomic E-state index is 0. The first kappa shape index (κ1) is 12.2. The van der Waals surface area contributed by atoms with Crippen molar-refractivity contribution in [3.05, 3.63) is 0 Å². The van der Waals surface area contributed by atoms with Gasteiger partial charge in [-0.3, -0.25) is 0 Å². The van der Waals surface area contributed by atoms with Crippen LogP contribution in [0.5, 0.6) is 0 Å². The Kier molecular flexibility index (Phi) is 3.61. The Balaban J connectivity index is 0.00000121. The van der Waals surface area contributed by atoms with E-state index in [2.05, 4.69) is 0 Å². The van der Waals surface area contributed by atoms with Gasteiger partial charge in [-0.05, 0) is 27.7 Å². The Morgan fingerprint density at radius 3 is 1.58 bits per heavy atom. The first-order valence-electron chi connectivity index (χ1n) is 3.95. The standard InChI is InChI=1S/C7H16BNO2.ClH/c1-6(2)7(3,4)11-8(5-9)10-6;/h5,9H2,1-4H3;1H. The van der Waals surface area contributed by atoms with Gasteiger partial charge in [0.25, 0.3) is 0 Å². The average molecular weight is 193 g/mol. The summed E-state index contributed by atoms with van der Waals surface area (Å²) >= 11 is 0. The van der Waals surface area contributed by atoms with Gasteiger partial charge in [0, 0.05) is 6.44 Å². The number of nitrogens with two attached hydrogens (primary N) is 1. The van der Waals surface area contributed by atoms with Gasteiger partial charge in [-0.15, -0.1) is 12.4 Å². The highest BCUT2D eigenvalue weighted by atomic mass is 35.5. The molecule has 1 saturated heterocycles. The Hall–Kier alpha value is 0.235. The molecule has 1 rings (SSSR count). The van der Waals surface area contributed by atoms with E-state index in [4.69, 9.17) is 15.0 Å². The molecule has 1 fully saturated rings. The fourth-order valence-corrected chi connectivity index (χ4v) is 1.06. The van der Waals surface area contributed by atoms with E-state index in [1.54, 1.807) is 0 Å². The van der Waals surface area contributed by atoms with Crippen LogP contribution in [0.4, 0.5) is 0 Å². The van der Waals surface area contributed by atoms with Crippen LogP contribution in [0.1, 0.15) is 27.7 Å². The van der Waals surface area contributed by atoms with Crippen molar-refractivity contribution in [1.29, 1.82) is 0 Å². The van der Waals surface area contributed by atoms with Crippen LogP contribution in [0.3, 0.4) is 0 Å². The van der Waals surface area contributed by atoms with Crippen molar-refractivity contribution < 1.29 is 9.31 Å². The predicted molar refractivity (Wildman–Crippen MR) is 52.4 cm³/mol. The first-order valence-corrected chi connectivity index (χ1v) is 3.95. The molecule has 1 aliphatic heterocycles. The lowest BCUT2D eigenvalue weighted by Gasteiger charge is -2.32. The molecular formula is C7H17BClNO2. The third-order valence-electron chi connectivity index (χ3n) is 2.49. The van der Waals surface area contributed by atoms with E-state index in [-0.39, 0.29) is 30.7 Å². The molecular weight excluding hydrogens is 176 g/mol. The second-order valence-corrected chi connectivity index (χ2v) is 3.92. The summed E-state index contributed by atoms with van der Waals surface area (Å²) in [6, 6.07) is 0. The van der Waals surface area contributed by atoms with Crippen LogP contribution in [0, 0.1) is 0 Å². The van der Waals surface area contributed by atoms with E-state index >= 15 is 0 Å². The number of hydrogen-bond donors (Lipinski definition) is 1. The molecule has 1 heterocycles. The van der Waals surface area contributed by atoms with E-state index in [0.717, 1.165) is 0 Å². The van der Waals surface area contributed by atoms with Crippen LogP contribution in [-0.4, -0.2) is 24.8 Å². The fourth-order valence-electron chi connectivity index (χ4n) is 1.06. The van der Waals surface area contributed by atoms with E-state index in [0.29, 0.717) is 6.44 Å². The summed E-state index contributed by atoms with van der Waals surface area (Å²) in [6.07, 6.45) is 0.423. The summed E-state index contributed by atoms with van der Waals surface area (Å²) < 4.78 is 11.1. The summed E-state index contributed by atoms with van der Waals surface area (Å²) in [6.45, 7) is 8.07. The maximum Gasteiger partial charge on any atom is 0.472 e. The topological polar surface area (TPSA) is 44.5 Å². The first-order chi connectivity index (χ1) is 4.89. The molecule has 3 nitrogen and oxygen atoms in total. The maximum atomic E-state index is 5.57. The summed E-state index contributed by atoms with van der Waals surface area (Å²) in [4.78, 5) is 0. The summed E-state index contributed by atoms with van der Waals surface area (Å²) in [7, 11) is -0.236. The van der Waals surface area contributed by atoms with Crippen LogP contribution >= 0.6 is 12.4 Å². The third kappa shape index (κ3) is 1.94. The lowest BCUT2D eigenvalue weighted by Crippen LogP contribution is -2.41. The van der Waals surface area contributed by atoms with E-state index in [9.17, 15) is 0 Å². The fraction of sp³-hybridized carbons (Fsp3) is 1.00. The van der Waals surface area contributed by atoms with Crippen LogP contribution in [0.2, 0.25) is 0 Å². The van der Waals surface area contributed by atoms with Gasteiger partial charge in [0.1, 0.15) is 0 Å². The smallest absolute Gasteiger partial charge is 0.402 e. The zero-order valence-electron chi connectivity index (χ0n) is 8.09. The quantitative estimate of drug-likeness (QED) is 0.632. The lowest BCUT2D eigenvalue weighted by atomic mass is 9.90. The van der Waals surface area contributed by atoms with Gasteiger partial charge < -0.3 is 15.0 Å². The normalized spacial score (nSPS) is 25.2. The summed E-state index contributed by atoms with van der Waals surface area (Å²) in [5.74, 6) is 0. The Labute approximate surface area is 80.5 Å². The van der Waals surface area contributed by atoms with Crippen LogP contribution < -0.4 is 5.73 Å². The van der Waals surface area contributed by atoms with Crippen molar-refractivity contribution in [2.24, 2.45) is 5.73 Å². The number of halogens is 1. The Bertz CT molecular complexity index is 147. The van der Waals surface area contributed by atoms with E-state index < -0.39 is 0 Å². The predicted octanol–water partition coefficient (Wildman–Crippen LogP) is 0.998. The summed E-state index contributed by atoms with van der Waals surface area (Å²) in [5.41, 5.74) is 4.95. The molecule has 12 heavy (non-hydrogen) atoms. The van der Waals surface area contributed by atoms with Gasteiger partial charge in [0.2, 0.25) is 0 Å². The molecule has 0 radical (unpaired) electrons. The van der Waals surface area contributed by atoms with Crippen LogP contribution in [0.25, 0.3) is 0 Å². The Morgan fingerprint density at radius 2 is 1.42 bits per heavy atom. The summed E-state index contributed by atoms with van der Waals surface area (Å²) in [5, 5.41) is 0. The average Bonchev–Trinajstić information content (AvgIpc) is 2.03. The van der Waals surface area contributed by atoms with Crippen LogP contribution in [-0.2, 0) is 9.31 Å². The van der Waals surface area contributed by atoms with Gasteiger partial charge in [0.05, 0.1) is 11.2 Å². The Morgan fingerprint density at radius 1 is 1.08 bits per heavy atom. The van der Waals surface area contributed by atoms with Gasteiger partial charge in [-0.1, -0.05) is 0 Å². The van der Waals surface area contributed by atoms with Crippen molar-refractivity contribution in [3.8, 4) is 0 Å². The molecule has 0 saturated carbocycles.